The zero-order chi connectivity index (χ0) is 15.2. The van der Waals surface area contributed by atoms with E-state index in [1.165, 1.54) is 12.8 Å². The normalized spacial score (nSPS) is 26.4. The molecule has 3 fully saturated rings. The summed E-state index contributed by atoms with van der Waals surface area (Å²) in [5.41, 5.74) is 1.04. The van der Waals surface area contributed by atoms with Gasteiger partial charge in [0.1, 0.15) is 0 Å². The number of nitrogens with zero attached hydrogens (tertiary/aromatic N) is 2. The number of likely N-dealkylation sites (tertiary alicyclic amines) is 1. The summed E-state index contributed by atoms with van der Waals surface area (Å²) in [7, 11) is 0. The summed E-state index contributed by atoms with van der Waals surface area (Å²) in [6.07, 6.45) is 4.68. The number of amides is 1. The molecule has 0 unspecified atom stereocenters. The largest absolute Gasteiger partial charge is 0.371 e. The van der Waals surface area contributed by atoms with Crippen LogP contribution >= 0.6 is 23.1 Å². The van der Waals surface area contributed by atoms with Gasteiger partial charge >= 0.3 is 0 Å². The van der Waals surface area contributed by atoms with Crippen LogP contribution in [0.5, 0.6) is 0 Å². The van der Waals surface area contributed by atoms with Crippen molar-refractivity contribution in [3.8, 4) is 0 Å². The Labute approximate surface area is 139 Å². The number of carbonyl (C=O) groups is 1. The van der Waals surface area contributed by atoms with Gasteiger partial charge in [-0.3, -0.25) is 4.79 Å². The first-order chi connectivity index (χ1) is 10.6. The van der Waals surface area contributed by atoms with E-state index >= 15 is 0 Å². The maximum Gasteiger partial charge on any atom is 0.222 e. The lowest BCUT2D eigenvalue weighted by Gasteiger charge is -2.47. The molecule has 1 spiro atoms. The molecule has 1 aromatic rings. The Morgan fingerprint density at radius 2 is 2.32 bits per heavy atom. The Kier molecular flexibility index (Phi) is 3.95. The first-order valence-corrected chi connectivity index (χ1v) is 9.93. The minimum atomic E-state index is 0.280. The molecule has 1 saturated carbocycles. The van der Waals surface area contributed by atoms with Crippen LogP contribution in [0.15, 0.2) is 5.38 Å². The molecule has 120 valence electrons. The van der Waals surface area contributed by atoms with Crippen LogP contribution in [-0.2, 0) is 16.1 Å². The highest BCUT2D eigenvalue weighted by Gasteiger charge is 2.51. The SMILES string of the molecule is Cc1nc(CO[C@H]2CSC3(C2)CN(C(=O)CC2CC2)C3)cs1. The summed E-state index contributed by atoms with van der Waals surface area (Å²) in [5.74, 6) is 2.11. The lowest BCUT2D eigenvalue weighted by atomic mass is 9.92. The Hall–Kier alpha value is -0.590. The van der Waals surface area contributed by atoms with Gasteiger partial charge in [-0.15, -0.1) is 23.1 Å². The fraction of sp³-hybridized carbons (Fsp3) is 0.750. The Morgan fingerprint density at radius 3 is 3.00 bits per heavy atom. The molecule has 3 aliphatic rings. The molecule has 3 heterocycles. The van der Waals surface area contributed by atoms with Gasteiger partial charge in [-0.25, -0.2) is 4.98 Å². The van der Waals surface area contributed by atoms with E-state index in [-0.39, 0.29) is 4.75 Å². The monoisotopic (exact) mass is 338 g/mol. The number of hydrogen-bond donors (Lipinski definition) is 0. The molecule has 1 atom stereocenters. The summed E-state index contributed by atoms with van der Waals surface area (Å²) in [5, 5.41) is 3.18. The second kappa shape index (κ2) is 5.80. The molecule has 6 heteroatoms. The molecule has 2 aliphatic heterocycles. The molecular weight excluding hydrogens is 316 g/mol. The number of rotatable bonds is 5. The lowest BCUT2D eigenvalue weighted by molar-refractivity contribution is -0.137. The van der Waals surface area contributed by atoms with Crippen molar-refractivity contribution < 1.29 is 9.53 Å². The summed E-state index contributed by atoms with van der Waals surface area (Å²) < 4.78 is 6.30. The van der Waals surface area contributed by atoms with Gasteiger partial charge in [-0.2, -0.15) is 0 Å². The summed E-state index contributed by atoms with van der Waals surface area (Å²) in [4.78, 5) is 18.6. The third kappa shape index (κ3) is 3.19. The molecule has 2 saturated heterocycles. The molecule has 0 N–H and O–H groups in total. The summed E-state index contributed by atoms with van der Waals surface area (Å²) in [6, 6.07) is 0. The minimum Gasteiger partial charge on any atom is -0.371 e. The molecule has 0 radical (unpaired) electrons. The van der Waals surface area contributed by atoms with Gasteiger partial charge in [0.05, 0.1) is 28.2 Å². The van der Waals surface area contributed by atoms with Crippen molar-refractivity contribution in [2.75, 3.05) is 18.8 Å². The second-order valence-electron chi connectivity index (χ2n) is 6.89. The number of aromatic nitrogens is 1. The van der Waals surface area contributed by atoms with Gasteiger partial charge in [0, 0.05) is 30.6 Å². The van der Waals surface area contributed by atoms with Crippen LogP contribution < -0.4 is 0 Å². The van der Waals surface area contributed by atoms with E-state index in [0.717, 1.165) is 42.4 Å². The Bertz CT molecular complexity index is 564. The van der Waals surface area contributed by atoms with Gasteiger partial charge in [0.2, 0.25) is 5.91 Å². The zero-order valence-corrected chi connectivity index (χ0v) is 14.5. The highest BCUT2D eigenvalue weighted by atomic mass is 32.2. The van der Waals surface area contributed by atoms with E-state index in [1.54, 1.807) is 11.3 Å². The third-order valence-corrected chi connectivity index (χ3v) is 7.18. The number of hydrogen-bond acceptors (Lipinski definition) is 5. The highest BCUT2D eigenvalue weighted by molar-refractivity contribution is 8.01. The number of carbonyl (C=O) groups excluding carboxylic acids is 1. The topological polar surface area (TPSA) is 42.4 Å². The number of thiazole rings is 1. The first kappa shape index (κ1) is 15.0. The summed E-state index contributed by atoms with van der Waals surface area (Å²) >= 11 is 3.67. The van der Waals surface area contributed by atoms with Crippen molar-refractivity contribution in [3.05, 3.63) is 16.1 Å². The van der Waals surface area contributed by atoms with Crippen LogP contribution in [0.2, 0.25) is 0 Å². The Morgan fingerprint density at radius 1 is 1.50 bits per heavy atom. The van der Waals surface area contributed by atoms with E-state index in [9.17, 15) is 4.79 Å². The third-order valence-electron chi connectivity index (χ3n) is 4.78. The second-order valence-corrected chi connectivity index (χ2v) is 9.44. The van der Waals surface area contributed by atoms with Crippen molar-refractivity contribution in [1.29, 1.82) is 0 Å². The smallest absolute Gasteiger partial charge is 0.222 e. The fourth-order valence-electron chi connectivity index (χ4n) is 3.33. The van der Waals surface area contributed by atoms with Crippen molar-refractivity contribution >= 4 is 29.0 Å². The van der Waals surface area contributed by atoms with Crippen LogP contribution in [0.3, 0.4) is 0 Å². The van der Waals surface area contributed by atoms with Gasteiger partial charge in [-0.05, 0) is 32.1 Å². The molecule has 1 amide bonds. The molecular formula is C16H22N2O2S2. The van der Waals surface area contributed by atoms with Gasteiger partial charge < -0.3 is 9.64 Å². The predicted molar refractivity (Wildman–Crippen MR) is 89.2 cm³/mol. The Balaban J connectivity index is 1.22. The van der Waals surface area contributed by atoms with E-state index in [4.69, 9.17) is 4.74 Å². The maximum atomic E-state index is 12.1. The van der Waals surface area contributed by atoms with Crippen molar-refractivity contribution in [2.45, 2.75) is 50.1 Å². The molecule has 4 rings (SSSR count). The fourth-order valence-corrected chi connectivity index (χ4v) is 5.48. The average Bonchev–Trinajstić information content (AvgIpc) is 2.99. The molecule has 0 aromatic carbocycles. The van der Waals surface area contributed by atoms with E-state index in [1.807, 2.05) is 18.7 Å². The van der Waals surface area contributed by atoms with Crippen LogP contribution in [0.4, 0.5) is 0 Å². The predicted octanol–water partition coefficient (Wildman–Crippen LogP) is 2.85. The standard InChI is InChI=1S/C16H22N2O2S2/c1-11-17-13(7-21-11)6-20-14-5-16(22-8-14)9-18(10-16)15(19)4-12-2-3-12/h7,12,14H,2-6,8-10H2,1H3/t14-/m1/s1. The van der Waals surface area contributed by atoms with Crippen LogP contribution in [0, 0.1) is 12.8 Å². The highest BCUT2D eigenvalue weighted by Crippen LogP contribution is 2.47. The van der Waals surface area contributed by atoms with Crippen molar-refractivity contribution in [3.63, 3.8) is 0 Å². The van der Waals surface area contributed by atoms with Gasteiger partial charge in [0.25, 0.3) is 0 Å². The van der Waals surface area contributed by atoms with Crippen molar-refractivity contribution in [2.24, 2.45) is 5.92 Å². The minimum absolute atomic E-state index is 0.280. The molecule has 4 nitrogen and oxygen atoms in total. The van der Waals surface area contributed by atoms with Crippen LogP contribution in [-0.4, -0.2) is 45.5 Å². The van der Waals surface area contributed by atoms with Gasteiger partial charge in [-0.1, -0.05) is 0 Å². The first-order valence-electron chi connectivity index (χ1n) is 8.06. The van der Waals surface area contributed by atoms with Crippen LogP contribution in [0.1, 0.15) is 36.4 Å². The molecule has 0 bridgehead atoms. The van der Waals surface area contributed by atoms with E-state index in [2.05, 4.69) is 15.3 Å². The van der Waals surface area contributed by atoms with Crippen LogP contribution in [0.25, 0.3) is 0 Å². The lowest BCUT2D eigenvalue weighted by Crippen LogP contribution is -2.60. The zero-order valence-electron chi connectivity index (χ0n) is 12.9. The number of ether oxygens (including phenoxy) is 1. The van der Waals surface area contributed by atoms with Gasteiger partial charge in [0.15, 0.2) is 0 Å². The maximum absolute atomic E-state index is 12.1. The molecule has 22 heavy (non-hydrogen) atoms. The molecule has 1 aromatic heterocycles. The molecule has 1 aliphatic carbocycles. The summed E-state index contributed by atoms with van der Waals surface area (Å²) in [6.45, 7) is 4.50. The van der Waals surface area contributed by atoms with E-state index < -0.39 is 0 Å². The van der Waals surface area contributed by atoms with Crippen molar-refractivity contribution in [1.82, 2.24) is 9.88 Å². The number of thioether (sulfide) groups is 1. The number of aryl methyl sites for hydroxylation is 1. The quantitative estimate of drug-likeness (QED) is 0.828. The average molecular weight is 338 g/mol. The van der Waals surface area contributed by atoms with E-state index in [0.29, 0.717) is 24.5 Å².